The molecule has 0 unspecified atom stereocenters. The van der Waals surface area contributed by atoms with Gasteiger partial charge in [0.05, 0.1) is 11.3 Å². The smallest absolute Gasteiger partial charge is 0.364 e. The van der Waals surface area contributed by atoms with Gasteiger partial charge in [-0.25, -0.2) is 9.97 Å². The highest BCUT2D eigenvalue weighted by molar-refractivity contribution is 5.98. The molecule has 7 heteroatoms. The monoisotopic (exact) mass is 288 g/mol. The summed E-state index contributed by atoms with van der Waals surface area (Å²) < 4.78 is 40.4. The molecule has 0 N–H and O–H groups in total. The number of nitrogens with zero attached hydrogens (tertiary/aromatic N) is 2. The SMILES string of the molecule is CC1(C)CC(=O)c2cnc(COCC(F)(F)F)nc2C1. The van der Waals surface area contributed by atoms with E-state index in [0.29, 0.717) is 24.1 Å². The van der Waals surface area contributed by atoms with Gasteiger partial charge in [-0.15, -0.1) is 0 Å². The van der Waals surface area contributed by atoms with Crippen LogP contribution in [0.15, 0.2) is 6.20 Å². The molecule has 1 aliphatic rings. The second-order valence-corrected chi connectivity index (χ2v) is 5.70. The summed E-state index contributed by atoms with van der Waals surface area (Å²) in [7, 11) is 0. The van der Waals surface area contributed by atoms with Crippen molar-refractivity contribution < 1.29 is 22.7 Å². The lowest BCUT2D eigenvalue weighted by atomic mass is 9.76. The minimum Gasteiger partial charge on any atom is -0.364 e. The van der Waals surface area contributed by atoms with Gasteiger partial charge in [-0.2, -0.15) is 13.2 Å². The van der Waals surface area contributed by atoms with E-state index in [0.717, 1.165) is 0 Å². The molecule has 4 nitrogen and oxygen atoms in total. The number of alkyl halides is 3. The zero-order chi connectivity index (χ0) is 15.0. The van der Waals surface area contributed by atoms with Crippen molar-refractivity contribution in [2.24, 2.45) is 5.41 Å². The van der Waals surface area contributed by atoms with Gasteiger partial charge in [0.1, 0.15) is 13.2 Å². The summed E-state index contributed by atoms with van der Waals surface area (Å²) in [5.41, 5.74) is 0.860. The van der Waals surface area contributed by atoms with Crippen molar-refractivity contribution in [1.82, 2.24) is 9.97 Å². The Hall–Kier alpha value is -1.50. The van der Waals surface area contributed by atoms with Crippen LogP contribution in [0.5, 0.6) is 0 Å². The van der Waals surface area contributed by atoms with Gasteiger partial charge in [-0.05, 0) is 11.8 Å². The predicted octanol–water partition coefficient (Wildman–Crippen LogP) is 2.71. The van der Waals surface area contributed by atoms with Crippen molar-refractivity contribution in [1.29, 1.82) is 0 Å². The Morgan fingerprint density at radius 1 is 1.35 bits per heavy atom. The van der Waals surface area contributed by atoms with Crippen molar-refractivity contribution >= 4 is 5.78 Å². The summed E-state index contributed by atoms with van der Waals surface area (Å²) >= 11 is 0. The van der Waals surface area contributed by atoms with Gasteiger partial charge in [0.2, 0.25) is 0 Å². The van der Waals surface area contributed by atoms with Crippen LogP contribution in [-0.2, 0) is 17.8 Å². The third kappa shape index (κ3) is 3.75. The maximum absolute atomic E-state index is 12.0. The zero-order valence-electron chi connectivity index (χ0n) is 11.3. The molecular formula is C13H15F3N2O2. The van der Waals surface area contributed by atoms with Gasteiger partial charge in [0, 0.05) is 12.6 Å². The molecule has 110 valence electrons. The summed E-state index contributed by atoms with van der Waals surface area (Å²) in [6.45, 7) is 2.25. The molecule has 0 saturated carbocycles. The summed E-state index contributed by atoms with van der Waals surface area (Å²) in [5, 5.41) is 0. The largest absolute Gasteiger partial charge is 0.411 e. The number of ketones is 1. The van der Waals surface area contributed by atoms with E-state index in [4.69, 9.17) is 0 Å². The molecule has 0 bridgehead atoms. The summed E-state index contributed by atoms with van der Waals surface area (Å²) in [4.78, 5) is 19.9. The minimum absolute atomic E-state index is 0.0287. The van der Waals surface area contributed by atoms with Crippen molar-refractivity contribution in [3.63, 3.8) is 0 Å². The van der Waals surface area contributed by atoms with Gasteiger partial charge in [0.15, 0.2) is 11.6 Å². The van der Waals surface area contributed by atoms with Crippen molar-refractivity contribution in [3.05, 3.63) is 23.3 Å². The molecule has 0 spiro atoms. The lowest BCUT2D eigenvalue weighted by Crippen LogP contribution is -2.28. The zero-order valence-corrected chi connectivity index (χ0v) is 11.3. The topological polar surface area (TPSA) is 52.1 Å². The van der Waals surface area contributed by atoms with Crippen LogP contribution in [0.2, 0.25) is 0 Å². The van der Waals surface area contributed by atoms with Gasteiger partial charge < -0.3 is 4.74 Å². The van der Waals surface area contributed by atoms with Gasteiger partial charge >= 0.3 is 6.18 Å². The maximum Gasteiger partial charge on any atom is 0.411 e. The Bertz CT molecular complexity index is 527. The highest BCUT2D eigenvalue weighted by Crippen LogP contribution is 2.33. The fraction of sp³-hybridized carbons (Fsp3) is 0.615. The molecule has 0 atom stereocenters. The average molecular weight is 288 g/mol. The van der Waals surface area contributed by atoms with E-state index in [2.05, 4.69) is 14.7 Å². The number of Topliss-reactive ketones (excluding diaryl/α,β-unsaturated/α-hetero) is 1. The third-order valence-corrected chi connectivity index (χ3v) is 3.00. The molecule has 1 aliphatic carbocycles. The highest BCUT2D eigenvalue weighted by Gasteiger charge is 2.32. The molecule has 2 rings (SSSR count). The lowest BCUT2D eigenvalue weighted by molar-refractivity contribution is -0.177. The number of carbonyl (C=O) groups is 1. The number of ether oxygens (including phenoxy) is 1. The number of aromatic nitrogens is 2. The molecule has 0 aliphatic heterocycles. The maximum atomic E-state index is 12.0. The molecule has 1 aromatic rings. The van der Waals surface area contributed by atoms with Crippen LogP contribution in [0, 0.1) is 5.41 Å². The lowest BCUT2D eigenvalue weighted by Gasteiger charge is -2.29. The van der Waals surface area contributed by atoms with Crippen LogP contribution in [-0.4, -0.2) is 28.5 Å². The Morgan fingerprint density at radius 2 is 2.05 bits per heavy atom. The van der Waals surface area contributed by atoms with Crippen molar-refractivity contribution in [3.8, 4) is 0 Å². The summed E-state index contributed by atoms with van der Waals surface area (Å²) in [6.07, 6.45) is -1.96. The van der Waals surface area contributed by atoms with E-state index >= 15 is 0 Å². The number of hydrogen-bond acceptors (Lipinski definition) is 4. The van der Waals surface area contributed by atoms with E-state index in [1.165, 1.54) is 6.20 Å². The Balaban J connectivity index is 2.10. The second kappa shape index (κ2) is 5.12. The molecule has 0 aromatic carbocycles. The quantitative estimate of drug-likeness (QED) is 0.858. The molecular weight excluding hydrogens is 273 g/mol. The van der Waals surface area contributed by atoms with E-state index < -0.39 is 12.8 Å². The molecule has 1 aromatic heterocycles. The second-order valence-electron chi connectivity index (χ2n) is 5.70. The first-order chi connectivity index (χ1) is 9.16. The molecule has 0 amide bonds. The molecule has 20 heavy (non-hydrogen) atoms. The molecule has 0 radical (unpaired) electrons. The van der Waals surface area contributed by atoms with E-state index in [9.17, 15) is 18.0 Å². The number of halogens is 3. The van der Waals surface area contributed by atoms with Crippen molar-refractivity contribution in [2.45, 2.75) is 39.5 Å². The predicted molar refractivity (Wildman–Crippen MR) is 64.2 cm³/mol. The number of hydrogen-bond donors (Lipinski definition) is 0. The average Bonchev–Trinajstić information content (AvgIpc) is 2.24. The summed E-state index contributed by atoms with van der Waals surface area (Å²) in [6, 6.07) is 0. The number of rotatable bonds is 3. The molecule has 0 fully saturated rings. The first kappa shape index (κ1) is 14.9. The van der Waals surface area contributed by atoms with Crippen LogP contribution in [0.1, 0.15) is 42.1 Å². The van der Waals surface area contributed by atoms with Gasteiger partial charge in [-0.1, -0.05) is 13.8 Å². The Morgan fingerprint density at radius 3 is 2.70 bits per heavy atom. The van der Waals surface area contributed by atoms with E-state index in [1.807, 2.05) is 13.8 Å². The summed E-state index contributed by atoms with van der Waals surface area (Å²) in [5.74, 6) is 0.137. The van der Waals surface area contributed by atoms with Crippen LogP contribution in [0.3, 0.4) is 0 Å². The van der Waals surface area contributed by atoms with Crippen LogP contribution in [0.25, 0.3) is 0 Å². The molecule has 1 heterocycles. The fourth-order valence-electron chi connectivity index (χ4n) is 2.20. The van der Waals surface area contributed by atoms with Crippen LogP contribution < -0.4 is 0 Å². The standard InChI is InChI=1S/C13H15F3N2O2/c1-12(2)3-9-8(10(19)4-12)5-17-11(18-9)6-20-7-13(14,15)16/h5H,3-4,6-7H2,1-2H3. The Kier molecular flexibility index (Phi) is 3.82. The van der Waals surface area contributed by atoms with Crippen LogP contribution in [0.4, 0.5) is 13.2 Å². The minimum atomic E-state index is -4.37. The first-order valence-electron chi connectivity index (χ1n) is 6.19. The molecule has 0 saturated heterocycles. The Labute approximate surface area is 114 Å². The number of carbonyl (C=O) groups excluding carboxylic acids is 1. The number of fused-ring (bicyclic) bond motifs is 1. The van der Waals surface area contributed by atoms with Crippen LogP contribution >= 0.6 is 0 Å². The fourth-order valence-corrected chi connectivity index (χ4v) is 2.20. The van der Waals surface area contributed by atoms with Crippen molar-refractivity contribution in [2.75, 3.05) is 6.61 Å². The third-order valence-electron chi connectivity index (χ3n) is 3.00. The normalized spacial score (nSPS) is 17.9. The van der Waals surface area contributed by atoms with E-state index in [1.54, 1.807) is 0 Å². The first-order valence-corrected chi connectivity index (χ1v) is 6.19. The highest BCUT2D eigenvalue weighted by atomic mass is 19.4. The van der Waals surface area contributed by atoms with Gasteiger partial charge in [0.25, 0.3) is 0 Å². The van der Waals surface area contributed by atoms with E-state index in [-0.39, 0.29) is 23.6 Å². The van der Waals surface area contributed by atoms with Gasteiger partial charge in [-0.3, -0.25) is 4.79 Å².